The Morgan fingerprint density at radius 3 is 2.63 bits per heavy atom. The van der Waals surface area contributed by atoms with E-state index in [-0.39, 0.29) is 33.3 Å². The lowest BCUT2D eigenvalue weighted by atomic mass is 10.1. The van der Waals surface area contributed by atoms with Gasteiger partial charge in [0.25, 0.3) is 11.7 Å². The summed E-state index contributed by atoms with van der Waals surface area (Å²) < 4.78 is 33.8. The summed E-state index contributed by atoms with van der Waals surface area (Å²) in [5, 5.41) is 12.9. The largest absolute Gasteiger partial charge is 0.618 e. The maximum absolute atomic E-state index is 14.1. The van der Waals surface area contributed by atoms with Gasteiger partial charge >= 0.3 is 5.69 Å². The highest BCUT2D eigenvalue weighted by Gasteiger charge is 2.32. The molecule has 0 spiro atoms. The number of aromatic nitrogens is 2. The second-order valence-electron chi connectivity index (χ2n) is 6.53. The number of benzene rings is 2. The number of nitrogens with zero attached hydrogens (tertiary/aromatic N) is 2. The fourth-order valence-electron chi connectivity index (χ4n) is 3.33. The molecule has 1 fully saturated rings. The Kier molecular flexibility index (Phi) is 4.43. The van der Waals surface area contributed by atoms with E-state index in [9.17, 15) is 18.8 Å². The highest BCUT2D eigenvalue weighted by Crippen LogP contribution is 2.27. The van der Waals surface area contributed by atoms with Gasteiger partial charge in [-0.15, -0.1) is 0 Å². The first-order valence-electron chi connectivity index (χ1n) is 8.73. The normalized spacial score (nSPS) is 14.6. The lowest BCUT2D eigenvalue weighted by Crippen LogP contribution is -2.38. The van der Waals surface area contributed by atoms with Crippen LogP contribution in [-0.2, 0) is 0 Å². The summed E-state index contributed by atoms with van der Waals surface area (Å²) in [4.78, 5) is 17.2. The Morgan fingerprint density at radius 1 is 1.15 bits per heavy atom. The second-order valence-corrected chi connectivity index (χ2v) is 6.53. The Bertz CT molecular complexity index is 1030. The van der Waals surface area contributed by atoms with E-state index in [0.29, 0.717) is 0 Å². The van der Waals surface area contributed by atoms with Crippen molar-refractivity contribution in [2.45, 2.75) is 31.8 Å². The van der Waals surface area contributed by atoms with E-state index in [4.69, 9.17) is 4.74 Å². The quantitative estimate of drug-likeness (QED) is 0.399. The number of carbonyl (C=O) groups is 1. The molecule has 1 heterocycles. The van der Waals surface area contributed by atoms with Crippen LogP contribution in [0.2, 0.25) is 0 Å². The van der Waals surface area contributed by atoms with Crippen LogP contribution in [0.15, 0.2) is 42.5 Å². The Balaban J connectivity index is 1.90. The molecule has 0 atom stereocenters. The average Bonchev–Trinajstić information content (AvgIpc) is 3.16. The lowest BCUT2D eigenvalue weighted by molar-refractivity contribution is -0.580. The van der Waals surface area contributed by atoms with E-state index in [1.54, 1.807) is 0 Å². The molecule has 0 saturated heterocycles. The Morgan fingerprint density at radius 2 is 1.89 bits per heavy atom. The van der Waals surface area contributed by atoms with Gasteiger partial charge in [0, 0.05) is 6.07 Å². The number of carbonyl (C=O) groups excluding carboxylic acids is 1. The molecule has 0 bridgehead atoms. The first-order valence-corrected chi connectivity index (χ1v) is 8.73. The molecule has 0 amide bonds. The molecule has 138 valence electrons. The molecule has 5 nitrogen and oxygen atoms in total. The number of hydrogen-bond acceptors (Lipinski definition) is 4. The zero-order chi connectivity index (χ0) is 19.0. The van der Waals surface area contributed by atoms with Crippen molar-refractivity contribution in [3.63, 3.8) is 0 Å². The number of rotatable bonds is 4. The molecule has 4 rings (SSSR count). The summed E-state index contributed by atoms with van der Waals surface area (Å²) in [6.07, 6.45) is 3.38. The number of halogens is 2. The van der Waals surface area contributed by atoms with Crippen molar-refractivity contribution in [2.75, 3.05) is 0 Å². The van der Waals surface area contributed by atoms with E-state index in [0.717, 1.165) is 37.8 Å². The minimum Gasteiger partial charge on any atom is -0.618 e. The minimum atomic E-state index is -0.852. The van der Waals surface area contributed by atoms with Gasteiger partial charge in [-0.2, -0.15) is 4.73 Å². The van der Waals surface area contributed by atoms with Crippen molar-refractivity contribution in [3.05, 3.63) is 70.6 Å². The molecular weight excluding hydrogens is 354 g/mol. The molecule has 0 aliphatic heterocycles. The smallest absolute Gasteiger partial charge is 0.328 e. The molecule has 27 heavy (non-hydrogen) atoms. The number of hydrogen-bond donors (Lipinski definition) is 0. The number of ether oxygens (including phenoxy) is 1. The summed E-state index contributed by atoms with van der Waals surface area (Å²) >= 11 is 0. The molecule has 7 heteroatoms. The monoisotopic (exact) mass is 370 g/mol. The van der Waals surface area contributed by atoms with E-state index in [1.165, 1.54) is 30.3 Å². The van der Waals surface area contributed by atoms with Crippen LogP contribution < -0.4 is 9.47 Å². The molecular formula is C20H16F2N2O3. The molecule has 2 aromatic carbocycles. The summed E-state index contributed by atoms with van der Waals surface area (Å²) in [5.41, 5.74) is -0.626. The van der Waals surface area contributed by atoms with Crippen LogP contribution >= 0.6 is 0 Å². The van der Waals surface area contributed by atoms with E-state index in [1.807, 2.05) is 0 Å². The number of ketones is 1. The van der Waals surface area contributed by atoms with Gasteiger partial charge in [-0.3, -0.25) is 4.79 Å². The highest BCUT2D eigenvalue weighted by atomic mass is 19.1. The molecule has 1 aliphatic carbocycles. The van der Waals surface area contributed by atoms with Crippen LogP contribution in [0, 0.1) is 16.8 Å². The van der Waals surface area contributed by atoms with Gasteiger partial charge < -0.3 is 9.94 Å². The van der Waals surface area contributed by atoms with Crippen LogP contribution in [0.5, 0.6) is 5.88 Å². The van der Waals surface area contributed by atoms with Crippen molar-refractivity contribution < 1.29 is 23.0 Å². The molecule has 3 aromatic rings. The molecule has 1 saturated carbocycles. The summed E-state index contributed by atoms with van der Waals surface area (Å²) in [6, 6.07) is 8.87. The van der Waals surface area contributed by atoms with Crippen LogP contribution in [0.1, 0.15) is 41.7 Å². The van der Waals surface area contributed by atoms with Gasteiger partial charge in [0.05, 0.1) is 5.56 Å². The van der Waals surface area contributed by atoms with Crippen molar-refractivity contribution in [3.8, 4) is 5.88 Å². The van der Waals surface area contributed by atoms with Crippen molar-refractivity contribution in [1.82, 2.24) is 4.98 Å². The standard InChI is InChI=1S/C20H16F2N2O3/c21-12-9-10-16-17(11-12)24(26)18(19(25)14-7-3-4-8-15(14)22)20(23-16)27-13-5-1-2-6-13/h3-4,7-11,13H,1-2,5-6H2. The average molecular weight is 370 g/mol. The van der Waals surface area contributed by atoms with Gasteiger partial charge in [0.1, 0.15) is 23.3 Å². The maximum Gasteiger partial charge on any atom is 0.328 e. The molecule has 0 N–H and O–H groups in total. The van der Waals surface area contributed by atoms with Crippen molar-refractivity contribution in [2.24, 2.45) is 0 Å². The minimum absolute atomic E-state index is 0.117. The van der Waals surface area contributed by atoms with Gasteiger partial charge in [0.2, 0.25) is 5.52 Å². The lowest BCUT2D eigenvalue weighted by Gasteiger charge is -2.15. The Labute approximate surface area is 153 Å². The van der Waals surface area contributed by atoms with Crippen LogP contribution in [0.3, 0.4) is 0 Å². The predicted molar refractivity (Wildman–Crippen MR) is 93.4 cm³/mol. The molecule has 0 radical (unpaired) electrons. The van der Waals surface area contributed by atoms with E-state index < -0.39 is 23.1 Å². The molecule has 0 unspecified atom stereocenters. The Hall–Kier alpha value is -3.09. The predicted octanol–water partition coefficient (Wildman–Crippen LogP) is 3.70. The first kappa shape index (κ1) is 17.3. The van der Waals surface area contributed by atoms with Crippen LogP contribution in [0.25, 0.3) is 11.0 Å². The van der Waals surface area contributed by atoms with Gasteiger partial charge in [-0.25, -0.2) is 13.8 Å². The third-order valence-corrected chi connectivity index (χ3v) is 4.70. The summed E-state index contributed by atoms with van der Waals surface area (Å²) in [5.74, 6) is -2.39. The second kappa shape index (κ2) is 6.90. The number of fused-ring (bicyclic) bond motifs is 1. The third-order valence-electron chi connectivity index (χ3n) is 4.70. The van der Waals surface area contributed by atoms with Crippen molar-refractivity contribution in [1.29, 1.82) is 0 Å². The van der Waals surface area contributed by atoms with Gasteiger partial charge in [-0.05, 0) is 49.9 Å². The van der Waals surface area contributed by atoms with Crippen molar-refractivity contribution >= 4 is 16.8 Å². The van der Waals surface area contributed by atoms with Crippen LogP contribution in [-0.4, -0.2) is 16.9 Å². The van der Waals surface area contributed by atoms with Crippen LogP contribution in [0.4, 0.5) is 8.78 Å². The topological polar surface area (TPSA) is 66.1 Å². The van der Waals surface area contributed by atoms with Gasteiger partial charge in [-0.1, -0.05) is 12.1 Å². The van der Waals surface area contributed by atoms with E-state index in [2.05, 4.69) is 4.98 Å². The molecule has 1 aromatic heterocycles. The third kappa shape index (κ3) is 3.20. The fourth-order valence-corrected chi connectivity index (χ4v) is 3.33. The maximum atomic E-state index is 14.1. The fraction of sp³-hybridized carbons (Fsp3) is 0.250. The first-order chi connectivity index (χ1) is 13.0. The summed E-state index contributed by atoms with van der Waals surface area (Å²) in [6.45, 7) is 0. The summed E-state index contributed by atoms with van der Waals surface area (Å²) in [7, 11) is 0. The zero-order valence-electron chi connectivity index (χ0n) is 14.3. The highest BCUT2D eigenvalue weighted by molar-refractivity contribution is 6.08. The molecule has 1 aliphatic rings. The zero-order valence-corrected chi connectivity index (χ0v) is 14.3. The van der Waals surface area contributed by atoms with Gasteiger partial charge in [0.15, 0.2) is 0 Å². The van der Waals surface area contributed by atoms with E-state index >= 15 is 0 Å². The SMILES string of the molecule is O=C(c1ccccc1F)c1c(OC2CCCC2)nc2ccc(F)cc2[n+]1[O-].